The largest absolute Gasteiger partial charge is 0.396 e. The molecule has 5 heteroatoms. The van der Waals surface area contributed by atoms with Crippen LogP contribution in [0.2, 0.25) is 0 Å². The fourth-order valence-corrected chi connectivity index (χ4v) is 4.26. The SMILES string of the molecule is CN(C(=O)Nc1cc2c(cc1Br)CCC2)C1CCC(CO)CC1. The molecule has 1 aromatic rings. The first-order valence-electron chi connectivity index (χ1n) is 8.54. The van der Waals surface area contributed by atoms with Gasteiger partial charge in [-0.3, -0.25) is 0 Å². The van der Waals surface area contributed by atoms with Crippen LogP contribution >= 0.6 is 15.9 Å². The number of anilines is 1. The second-order valence-electron chi connectivity index (χ2n) is 6.85. The molecule has 2 amide bonds. The zero-order chi connectivity index (χ0) is 16.4. The van der Waals surface area contributed by atoms with E-state index in [0.29, 0.717) is 5.92 Å². The van der Waals surface area contributed by atoms with Crippen LogP contribution in [-0.4, -0.2) is 35.7 Å². The normalized spacial score (nSPS) is 23.4. The molecule has 23 heavy (non-hydrogen) atoms. The summed E-state index contributed by atoms with van der Waals surface area (Å²) in [6.07, 6.45) is 7.39. The van der Waals surface area contributed by atoms with E-state index in [0.717, 1.165) is 48.7 Å². The molecule has 126 valence electrons. The molecule has 0 saturated heterocycles. The number of carbonyl (C=O) groups excluding carboxylic acids is 1. The van der Waals surface area contributed by atoms with Crippen LogP contribution in [0.15, 0.2) is 16.6 Å². The molecule has 0 radical (unpaired) electrons. The molecule has 1 saturated carbocycles. The van der Waals surface area contributed by atoms with Crippen molar-refractivity contribution in [3.63, 3.8) is 0 Å². The highest BCUT2D eigenvalue weighted by molar-refractivity contribution is 9.10. The topological polar surface area (TPSA) is 52.6 Å². The molecule has 1 aromatic carbocycles. The van der Waals surface area contributed by atoms with Gasteiger partial charge in [0.15, 0.2) is 0 Å². The molecule has 2 aliphatic carbocycles. The lowest BCUT2D eigenvalue weighted by atomic mass is 9.86. The van der Waals surface area contributed by atoms with Crippen molar-refractivity contribution in [2.75, 3.05) is 19.0 Å². The molecule has 0 spiro atoms. The van der Waals surface area contributed by atoms with Gasteiger partial charge in [-0.15, -0.1) is 0 Å². The van der Waals surface area contributed by atoms with Crippen molar-refractivity contribution >= 4 is 27.6 Å². The summed E-state index contributed by atoms with van der Waals surface area (Å²) in [5.41, 5.74) is 3.62. The van der Waals surface area contributed by atoms with Gasteiger partial charge in [-0.25, -0.2) is 4.79 Å². The summed E-state index contributed by atoms with van der Waals surface area (Å²) >= 11 is 3.58. The standard InChI is InChI=1S/C18H25BrN2O2/c1-21(15-7-5-12(11-22)6-8-15)18(23)20-17-10-14-4-2-3-13(14)9-16(17)19/h9-10,12,15,22H,2-8,11H2,1H3,(H,20,23). The molecule has 1 fully saturated rings. The van der Waals surface area contributed by atoms with Gasteiger partial charge in [0.2, 0.25) is 0 Å². The highest BCUT2D eigenvalue weighted by Gasteiger charge is 2.26. The Labute approximate surface area is 146 Å². The van der Waals surface area contributed by atoms with Crippen molar-refractivity contribution in [3.8, 4) is 0 Å². The summed E-state index contributed by atoms with van der Waals surface area (Å²) in [4.78, 5) is 14.4. The predicted molar refractivity (Wildman–Crippen MR) is 95.8 cm³/mol. The van der Waals surface area contributed by atoms with Crippen molar-refractivity contribution in [3.05, 3.63) is 27.7 Å². The summed E-state index contributed by atoms with van der Waals surface area (Å²) in [7, 11) is 1.88. The van der Waals surface area contributed by atoms with Gasteiger partial charge in [0.25, 0.3) is 0 Å². The number of urea groups is 1. The lowest BCUT2D eigenvalue weighted by Gasteiger charge is -2.34. The van der Waals surface area contributed by atoms with Gasteiger partial charge >= 0.3 is 6.03 Å². The first-order chi connectivity index (χ1) is 11.1. The number of amides is 2. The number of fused-ring (bicyclic) bond motifs is 1. The Kier molecular flexibility index (Phi) is 5.27. The van der Waals surface area contributed by atoms with E-state index in [1.165, 1.54) is 17.5 Å². The number of aliphatic hydroxyl groups excluding tert-OH is 1. The Bertz CT molecular complexity index is 583. The van der Waals surface area contributed by atoms with Crippen LogP contribution in [0.5, 0.6) is 0 Å². The Morgan fingerprint density at radius 2 is 1.91 bits per heavy atom. The molecule has 0 heterocycles. The van der Waals surface area contributed by atoms with Crippen LogP contribution in [-0.2, 0) is 12.8 Å². The quantitative estimate of drug-likeness (QED) is 0.833. The van der Waals surface area contributed by atoms with Gasteiger partial charge in [-0.1, -0.05) is 0 Å². The van der Waals surface area contributed by atoms with Crippen LogP contribution in [0.25, 0.3) is 0 Å². The average Bonchev–Trinajstić information content (AvgIpc) is 3.01. The van der Waals surface area contributed by atoms with Gasteiger partial charge < -0.3 is 15.3 Å². The van der Waals surface area contributed by atoms with Gasteiger partial charge in [-0.05, 0) is 90.1 Å². The van der Waals surface area contributed by atoms with E-state index in [9.17, 15) is 9.90 Å². The number of hydrogen-bond acceptors (Lipinski definition) is 2. The van der Waals surface area contributed by atoms with Gasteiger partial charge in [0, 0.05) is 24.2 Å². The molecule has 0 bridgehead atoms. The molecule has 0 atom stereocenters. The van der Waals surface area contributed by atoms with Crippen LogP contribution in [0, 0.1) is 5.92 Å². The molecule has 3 rings (SSSR count). The summed E-state index contributed by atoms with van der Waals surface area (Å²) < 4.78 is 0.962. The first kappa shape index (κ1) is 16.8. The number of nitrogens with zero attached hydrogens (tertiary/aromatic N) is 1. The maximum absolute atomic E-state index is 12.6. The van der Waals surface area contributed by atoms with E-state index in [-0.39, 0.29) is 18.7 Å². The van der Waals surface area contributed by atoms with E-state index in [1.54, 1.807) is 0 Å². The Hall–Kier alpha value is -1.07. The molecule has 0 unspecified atom stereocenters. The third-order valence-electron chi connectivity index (χ3n) is 5.37. The van der Waals surface area contributed by atoms with Crippen molar-refractivity contribution in [2.24, 2.45) is 5.92 Å². The maximum Gasteiger partial charge on any atom is 0.321 e. The number of hydrogen-bond donors (Lipinski definition) is 2. The summed E-state index contributed by atoms with van der Waals surface area (Å²) in [6, 6.07) is 4.48. The highest BCUT2D eigenvalue weighted by atomic mass is 79.9. The number of aliphatic hydroxyl groups is 1. The van der Waals surface area contributed by atoms with E-state index in [2.05, 4.69) is 33.4 Å². The molecular weight excluding hydrogens is 356 g/mol. The van der Waals surface area contributed by atoms with Crippen molar-refractivity contribution in [1.29, 1.82) is 0 Å². The Balaban J connectivity index is 1.63. The van der Waals surface area contributed by atoms with E-state index >= 15 is 0 Å². The minimum absolute atomic E-state index is 0.0453. The fraction of sp³-hybridized carbons (Fsp3) is 0.611. The summed E-state index contributed by atoms with van der Waals surface area (Å²) in [5.74, 6) is 0.411. The van der Waals surface area contributed by atoms with Gasteiger partial charge in [0.1, 0.15) is 0 Å². The monoisotopic (exact) mass is 380 g/mol. The third-order valence-corrected chi connectivity index (χ3v) is 6.02. The molecule has 0 aliphatic heterocycles. The maximum atomic E-state index is 12.6. The van der Waals surface area contributed by atoms with E-state index in [4.69, 9.17) is 0 Å². The van der Waals surface area contributed by atoms with Crippen LogP contribution in [0.4, 0.5) is 10.5 Å². The minimum Gasteiger partial charge on any atom is -0.396 e. The number of rotatable bonds is 3. The molecule has 2 N–H and O–H groups in total. The zero-order valence-corrected chi connectivity index (χ0v) is 15.2. The molecule has 0 aromatic heterocycles. The average molecular weight is 381 g/mol. The van der Waals surface area contributed by atoms with Crippen LogP contribution < -0.4 is 5.32 Å². The van der Waals surface area contributed by atoms with E-state index in [1.807, 2.05) is 11.9 Å². The molecule has 4 nitrogen and oxygen atoms in total. The minimum atomic E-state index is -0.0453. The second-order valence-corrected chi connectivity index (χ2v) is 7.71. The predicted octanol–water partition coefficient (Wildman–Crippen LogP) is 3.95. The number of nitrogens with one attached hydrogen (secondary N) is 1. The van der Waals surface area contributed by atoms with Crippen molar-refractivity contribution in [2.45, 2.75) is 51.0 Å². The number of carbonyl (C=O) groups is 1. The first-order valence-corrected chi connectivity index (χ1v) is 9.33. The zero-order valence-electron chi connectivity index (χ0n) is 13.6. The lowest BCUT2D eigenvalue weighted by Crippen LogP contribution is -2.42. The van der Waals surface area contributed by atoms with E-state index < -0.39 is 0 Å². The summed E-state index contributed by atoms with van der Waals surface area (Å²) in [6.45, 7) is 0.269. The highest BCUT2D eigenvalue weighted by Crippen LogP contribution is 2.32. The smallest absolute Gasteiger partial charge is 0.321 e. The van der Waals surface area contributed by atoms with Gasteiger partial charge in [0.05, 0.1) is 5.69 Å². The van der Waals surface area contributed by atoms with Crippen molar-refractivity contribution in [1.82, 2.24) is 4.90 Å². The van der Waals surface area contributed by atoms with Gasteiger partial charge in [-0.2, -0.15) is 0 Å². The summed E-state index contributed by atoms with van der Waals surface area (Å²) in [5, 5.41) is 12.3. The van der Waals surface area contributed by atoms with Crippen LogP contribution in [0.3, 0.4) is 0 Å². The number of aryl methyl sites for hydroxylation is 2. The van der Waals surface area contributed by atoms with Crippen molar-refractivity contribution < 1.29 is 9.90 Å². The number of halogens is 1. The molecular formula is C18H25BrN2O2. The fourth-order valence-electron chi connectivity index (χ4n) is 3.77. The second kappa shape index (κ2) is 7.22. The Morgan fingerprint density at radius 3 is 2.57 bits per heavy atom. The number of benzene rings is 1. The van der Waals surface area contributed by atoms with Crippen LogP contribution in [0.1, 0.15) is 43.2 Å². The third kappa shape index (κ3) is 3.72. The molecule has 2 aliphatic rings. The Morgan fingerprint density at radius 1 is 1.26 bits per heavy atom. The lowest BCUT2D eigenvalue weighted by molar-refractivity contribution is 0.139.